The highest BCUT2D eigenvalue weighted by Crippen LogP contribution is 2.20. The summed E-state index contributed by atoms with van der Waals surface area (Å²) < 4.78 is 0. The van der Waals surface area contributed by atoms with E-state index in [1.807, 2.05) is 0 Å². The SMILES string of the molecule is CCCC(CNC(C)C)N1CCSC(C)C1. The highest BCUT2D eigenvalue weighted by atomic mass is 32.2. The summed E-state index contributed by atoms with van der Waals surface area (Å²) in [5, 5.41) is 4.41. The van der Waals surface area contributed by atoms with Gasteiger partial charge in [-0.05, 0) is 6.42 Å². The van der Waals surface area contributed by atoms with Gasteiger partial charge in [-0.3, -0.25) is 4.90 Å². The average Bonchev–Trinajstić information content (AvgIpc) is 2.24. The van der Waals surface area contributed by atoms with Gasteiger partial charge in [-0.25, -0.2) is 0 Å². The van der Waals surface area contributed by atoms with E-state index in [-0.39, 0.29) is 0 Å². The van der Waals surface area contributed by atoms with Crippen LogP contribution in [0.1, 0.15) is 40.5 Å². The molecule has 1 N–H and O–H groups in total. The van der Waals surface area contributed by atoms with Crippen molar-refractivity contribution in [2.24, 2.45) is 0 Å². The van der Waals surface area contributed by atoms with Crippen molar-refractivity contribution in [1.82, 2.24) is 10.2 Å². The molecule has 0 saturated carbocycles. The predicted molar refractivity (Wildman–Crippen MR) is 75.3 cm³/mol. The standard InChI is InChI=1S/C13H28N2S/c1-5-6-13(9-14-11(2)3)15-7-8-16-12(4)10-15/h11-14H,5-10H2,1-4H3. The Morgan fingerprint density at radius 1 is 1.44 bits per heavy atom. The van der Waals surface area contributed by atoms with Crippen molar-refractivity contribution in [1.29, 1.82) is 0 Å². The van der Waals surface area contributed by atoms with Crippen molar-refractivity contribution in [2.75, 3.05) is 25.4 Å². The Kier molecular flexibility index (Phi) is 6.78. The van der Waals surface area contributed by atoms with Crippen LogP contribution in [0.2, 0.25) is 0 Å². The van der Waals surface area contributed by atoms with Gasteiger partial charge >= 0.3 is 0 Å². The Bertz CT molecular complexity index is 185. The van der Waals surface area contributed by atoms with E-state index in [4.69, 9.17) is 0 Å². The average molecular weight is 244 g/mol. The van der Waals surface area contributed by atoms with Crippen LogP contribution in [-0.2, 0) is 0 Å². The van der Waals surface area contributed by atoms with Crippen molar-refractivity contribution in [2.45, 2.75) is 57.9 Å². The molecule has 0 aromatic rings. The van der Waals surface area contributed by atoms with Crippen LogP contribution in [0.5, 0.6) is 0 Å². The van der Waals surface area contributed by atoms with Crippen LogP contribution in [0.4, 0.5) is 0 Å². The molecule has 0 bridgehead atoms. The molecule has 3 heteroatoms. The molecule has 2 unspecified atom stereocenters. The summed E-state index contributed by atoms with van der Waals surface area (Å²) in [5.41, 5.74) is 0. The third kappa shape index (κ3) is 5.07. The normalized spacial score (nSPS) is 24.9. The minimum atomic E-state index is 0.607. The molecule has 1 aliphatic heterocycles. The van der Waals surface area contributed by atoms with Crippen molar-refractivity contribution in [3.63, 3.8) is 0 Å². The van der Waals surface area contributed by atoms with Crippen LogP contribution in [0.25, 0.3) is 0 Å². The maximum atomic E-state index is 3.59. The predicted octanol–water partition coefficient (Wildman–Crippen LogP) is 2.59. The number of nitrogens with one attached hydrogen (secondary N) is 1. The molecule has 2 nitrogen and oxygen atoms in total. The summed E-state index contributed by atoms with van der Waals surface area (Å²) in [5.74, 6) is 1.31. The van der Waals surface area contributed by atoms with Gasteiger partial charge in [0.2, 0.25) is 0 Å². The van der Waals surface area contributed by atoms with Crippen molar-refractivity contribution in [3.8, 4) is 0 Å². The second-order valence-electron chi connectivity index (χ2n) is 5.18. The van der Waals surface area contributed by atoms with E-state index in [0.29, 0.717) is 6.04 Å². The minimum Gasteiger partial charge on any atom is -0.313 e. The maximum Gasteiger partial charge on any atom is 0.0221 e. The molecule has 0 aliphatic carbocycles. The highest BCUT2D eigenvalue weighted by molar-refractivity contribution is 7.99. The van der Waals surface area contributed by atoms with Crippen LogP contribution < -0.4 is 5.32 Å². The summed E-state index contributed by atoms with van der Waals surface area (Å²) in [7, 11) is 0. The fourth-order valence-electron chi connectivity index (χ4n) is 2.30. The molecule has 1 heterocycles. The van der Waals surface area contributed by atoms with E-state index in [9.17, 15) is 0 Å². The van der Waals surface area contributed by atoms with Gasteiger partial charge in [0.15, 0.2) is 0 Å². The van der Waals surface area contributed by atoms with Crippen molar-refractivity contribution in [3.05, 3.63) is 0 Å². The first-order valence-corrected chi connectivity index (χ1v) is 7.77. The summed E-state index contributed by atoms with van der Waals surface area (Å²) in [4.78, 5) is 2.69. The molecule has 0 spiro atoms. The molecule has 1 saturated heterocycles. The Hall–Kier alpha value is 0.270. The molecule has 1 aliphatic rings. The van der Waals surface area contributed by atoms with Gasteiger partial charge in [-0.1, -0.05) is 34.1 Å². The number of hydrogen-bond donors (Lipinski definition) is 1. The van der Waals surface area contributed by atoms with Gasteiger partial charge in [0.25, 0.3) is 0 Å². The zero-order valence-electron chi connectivity index (χ0n) is 11.3. The van der Waals surface area contributed by atoms with E-state index in [1.54, 1.807) is 0 Å². The zero-order valence-corrected chi connectivity index (χ0v) is 12.1. The van der Waals surface area contributed by atoms with Crippen LogP contribution in [0, 0.1) is 0 Å². The van der Waals surface area contributed by atoms with E-state index >= 15 is 0 Å². The Balaban J connectivity index is 2.40. The van der Waals surface area contributed by atoms with Crippen LogP contribution in [0.3, 0.4) is 0 Å². The van der Waals surface area contributed by atoms with Gasteiger partial charge in [0, 0.05) is 42.7 Å². The van der Waals surface area contributed by atoms with Gasteiger partial charge in [0.1, 0.15) is 0 Å². The van der Waals surface area contributed by atoms with E-state index in [2.05, 4.69) is 49.7 Å². The summed E-state index contributed by atoms with van der Waals surface area (Å²) in [6, 6.07) is 1.35. The lowest BCUT2D eigenvalue weighted by Crippen LogP contribution is -2.49. The second kappa shape index (κ2) is 7.57. The Labute approximate surface area is 106 Å². The first-order chi connectivity index (χ1) is 7.63. The first kappa shape index (κ1) is 14.3. The van der Waals surface area contributed by atoms with Crippen molar-refractivity contribution >= 4 is 11.8 Å². The lowest BCUT2D eigenvalue weighted by atomic mass is 10.1. The van der Waals surface area contributed by atoms with E-state index < -0.39 is 0 Å². The number of thioether (sulfide) groups is 1. The van der Waals surface area contributed by atoms with E-state index in [0.717, 1.165) is 17.8 Å². The van der Waals surface area contributed by atoms with Gasteiger partial charge in [0.05, 0.1) is 0 Å². The summed E-state index contributed by atoms with van der Waals surface area (Å²) >= 11 is 2.12. The third-order valence-corrected chi connectivity index (χ3v) is 4.31. The Morgan fingerprint density at radius 3 is 2.75 bits per heavy atom. The molecular weight excluding hydrogens is 216 g/mol. The largest absolute Gasteiger partial charge is 0.313 e. The fourth-order valence-corrected chi connectivity index (χ4v) is 3.33. The Morgan fingerprint density at radius 2 is 2.19 bits per heavy atom. The molecular formula is C13H28N2S. The van der Waals surface area contributed by atoms with E-state index in [1.165, 1.54) is 31.7 Å². The molecule has 2 atom stereocenters. The number of rotatable bonds is 6. The van der Waals surface area contributed by atoms with Crippen LogP contribution in [0.15, 0.2) is 0 Å². The van der Waals surface area contributed by atoms with Crippen LogP contribution in [-0.4, -0.2) is 47.6 Å². The molecule has 16 heavy (non-hydrogen) atoms. The number of nitrogens with zero attached hydrogens (tertiary/aromatic N) is 1. The van der Waals surface area contributed by atoms with Crippen molar-refractivity contribution < 1.29 is 0 Å². The molecule has 0 amide bonds. The smallest absolute Gasteiger partial charge is 0.0221 e. The quantitative estimate of drug-likeness (QED) is 0.773. The van der Waals surface area contributed by atoms with Gasteiger partial charge in [-0.15, -0.1) is 0 Å². The van der Waals surface area contributed by atoms with Gasteiger partial charge in [-0.2, -0.15) is 11.8 Å². The van der Waals surface area contributed by atoms with Gasteiger partial charge < -0.3 is 5.32 Å². The molecule has 0 aromatic heterocycles. The third-order valence-electron chi connectivity index (χ3n) is 3.17. The molecule has 0 aromatic carbocycles. The lowest BCUT2D eigenvalue weighted by Gasteiger charge is -2.37. The molecule has 0 radical (unpaired) electrons. The maximum absolute atomic E-state index is 3.59. The molecule has 1 rings (SSSR count). The lowest BCUT2D eigenvalue weighted by molar-refractivity contribution is 0.186. The fraction of sp³-hybridized carbons (Fsp3) is 1.00. The minimum absolute atomic E-state index is 0.607. The van der Waals surface area contributed by atoms with Crippen LogP contribution >= 0.6 is 11.8 Å². The zero-order chi connectivity index (χ0) is 12.0. The molecule has 1 fully saturated rings. The monoisotopic (exact) mass is 244 g/mol. The number of hydrogen-bond acceptors (Lipinski definition) is 3. The molecule has 96 valence electrons. The topological polar surface area (TPSA) is 15.3 Å². The summed E-state index contributed by atoms with van der Waals surface area (Å²) in [6.45, 7) is 12.8. The first-order valence-electron chi connectivity index (χ1n) is 6.72. The highest BCUT2D eigenvalue weighted by Gasteiger charge is 2.23. The second-order valence-corrected chi connectivity index (χ2v) is 6.73. The summed E-state index contributed by atoms with van der Waals surface area (Å²) in [6.07, 6.45) is 2.62.